The van der Waals surface area contributed by atoms with E-state index in [1.165, 1.54) is 5.56 Å². The van der Waals surface area contributed by atoms with Gasteiger partial charge in [0.25, 0.3) is 0 Å². The second kappa shape index (κ2) is 11.9. The highest BCUT2D eigenvalue weighted by atomic mass is 16.5. The summed E-state index contributed by atoms with van der Waals surface area (Å²) >= 11 is 0. The van der Waals surface area contributed by atoms with Gasteiger partial charge in [-0.25, -0.2) is 0 Å². The van der Waals surface area contributed by atoms with Gasteiger partial charge in [0.05, 0.1) is 6.61 Å². The Bertz CT molecular complexity index is 759. The van der Waals surface area contributed by atoms with Crippen LogP contribution in [0.5, 0.6) is 5.75 Å². The maximum Gasteiger partial charge on any atom is 0.242 e. The molecule has 2 rings (SSSR count). The Morgan fingerprint density at radius 2 is 1.76 bits per heavy atom. The van der Waals surface area contributed by atoms with E-state index in [4.69, 9.17) is 4.74 Å². The molecule has 2 amide bonds. The molecular formula is C24H32N2O3. The lowest BCUT2D eigenvalue weighted by Crippen LogP contribution is -2.47. The molecule has 0 unspecified atom stereocenters. The van der Waals surface area contributed by atoms with E-state index >= 15 is 0 Å². The first-order chi connectivity index (χ1) is 14.0. The van der Waals surface area contributed by atoms with Crippen molar-refractivity contribution >= 4 is 11.8 Å². The minimum atomic E-state index is -0.523. The molecule has 156 valence electrons. The van der Waals surface area contributed by atoms with Crippen LogP contribution < -0.4 is 10.1 Å². The molecule has 0 fully saturated rings. The van der Waals surface area contributed by atoms with E-state index in [9.17, 15) is 9.59 Å². The van der Waals surface area contributed by atoms with Crippen LogP contribution in [0.2, 0.25) is 0 Å². The third kappa shape index (κ3) is 7.60. The zero-order chi connectivity index (χ0) is 21.1. The summed E-state index contributed by atoms with van der Waals surface area (Å²) in [5, 5.41) is 2.89. The topological polar surface area (TPSA) is 58.6 Å². The van der Waals surface area contributed by atoms with Crippen LogP contribution in [0.25, 0.3) is 0 Å². The van der Waals surface area contributed by atoms with Crippen molar-refractivity contribution in [1.29, 1.82) is 0 Å². The van der Waals surface area contributed by atoms with Crippen molar-refractivity contribution in [3.63, 3.8) is 0 Å². The van der Waals surface area contributed by atoms with Gasteiger partial charge < -0.3 is 15.0 Å². The molecule has 0 saturated carbocycles. The molecular weight excluding hydrogens is 364 g/mol. The molecule has 0 aliphatic heterocycles. The number of hydrogen-bond acceptors (Lipinski definition) is 3. The Hall–Kier alpha value is -2.82. The van der Waals surface area contributed by atoms with E-state index in [1.54, 1.807) is 11.8 Å². The number of aryl methyl sites for hydroxylation is 1. The number of ether oxygens (including phenoxy) is 1. The second-order valence-corrected chi connectivity index (χ2v) is 7.24. The van der Waals surface area contributed by atoms with Gasteiger partial charge in [0, 0.05) is 19.5 Å². The van der Waals surface area contributed by atoms with Crippen LogP contribution in [0, 0.1) is 6.92 Å². The highest BCUT2D eigenvalue weighted by molar-refractivity contribution is 5.87. The third-order valence-corrected chi connectivity index (χ3v) is 4.74. The lowest BCUT2D eigenvalue weighted by Gasteiger charge is -2.29. The Morgan fingerprint density at radius 1 is 1.07 bits per heavy atom. The Kier molecular flexibility index (Phi) is 9.22. The predicted octanol–water partition coefficient (Wildman–Crippen LogP) is 4.10. The number of nitrogens with one attached hydrogen (secondary N) is 1. The number of rotatable bonds is 11. The van der Waals surface area contributed by atoms with E-state index in [1.807, 2.05) is 68.4 Å². The van der Waals surface area contributed by atoms with E-state index in [-0.39, 0.29) is 11.8 Å². The number of nitrogens with zero attached hydrogens (tertiary/aromatic N) is 1. The van der Waals surface area contributed by atoms with Gasteiger partial charge in [0.2, 0.25) is 11.8 Å². The molecule has 0 aliphatic carbocycles. The normalized spacial score (nSPS) is 11.6. The van der Waals surface area contributed by atoms with Crippen LogP contribution in [0.15, 0.2) is 54.6 Å². The largest absolute Gasteiger partial charge is 0.494 e. The average Bonchev–Trinajstić information content (AvgIpc) is 2.74. The molecule has 0 heterocycles. The number of carbonyl (C=O) groups is 2. The zero-order valence-corrected chi connectivity index (χ0v) is 17.7. The lowest BCUT2D eigenvalue weighted by molar-refractivity contribution is -0.140. The van der Waals surface area contributed by atoms with Gasteiger partial charge in [-0.2, -0.15) is 0 Å². The fourth-order valence-corrected chi connectivity index (χ4v) is 2.94. The number of para-hydroxylation sites is 1. The number of amides is 2. The van der Waals surface area contributed by atoms with Crippen LogP contribution in [0.3, 0.4) is 0 Å². The van der Waals surface area contributed by atoms with Gasteiger partial charge in [0.1, 0.15) is 11.8 Å². The SMILES string of the molecule is CCCNC(=O)[C@H](C)N(Cc1ccc(C)cc1)C(=O)CCCOc1ccccc1. The first-order valence-corrected chi connectivity index (χ1v) is 10.3. The average molecular weight is 397 g/mol. The number of benzene rings is 2. The van der Waals surface area contributed by atoms with Gasteiger partial charge >= 0.3 is 0 Å². The third-order valence-electron chi connectivity index (χ3n) is 4.74. The monoisotopic (exact) mass is 396 g/mol. The molecule has 0 bridgehead atoms. The Balaban J connectivity index is 1.97. The van der Waals surface area contributed by atoms with Crippen molar-refractivity contribution in [3.05, 3.63) is 65.7 Å². The van der Waals surface area contributed by atoms with Crippen molar-refractivity contribution in [3.8, 4) is 5.75 Å². The molecule has 5 heteroatoms. The van der Waals surface area contributed by atoms with Crippen LogP contribution in [0.1, 0.15) is 44.2 Å². The molecule has 1 atom stereocenters. The standard InChI is InChI=1S/C24H32N2O3/c1-4-16-25-24(28)20(3)26(18-21-14-12-19(2)13-15-21)23(27)11-8-17-29-22-9-6-5-7-10-22/h5-7,9-10,12-15,20H,4,8,11,16-18H2,1-3H3,(H,25,28)/t20-/m0/s1. The van der Waals surface area contributed by atoms with E-state index in [2.05, 4.69) is 5.32 Å². The fourth-order valence-electron chi connectivity index (χ4n) is 2.94. The van der Waals surface area contributed by atoms with E-state index < -0.39 is 6.04 Å². The summed E-state index contributed by atoms with van der Waals surface area (Å²) < 4.78 is 5.68. The van der Waals surface area contributed by atoms with Gasteiger partial charge in [-0.15, -0.1) is 0 Å². The maximum atomic E-state index is 12.9. The first-order valence-electron chi connectivity index (χ1n) is 10.3. The van der Waals surface area contributed by atoms with Crippen LogP contribution in [0.4, 0.5) is 0 Å². The molecule has 2 aromatic carbocycles. The van der Waals surface area contributed by atoms with Crippen molar-refractivity contribution in [1.82, 2.24) is 10.2 Å². The maximum absolute atomic E-state index is 12.9. The summed E-state index contributed by atoms with van der Waals surface area (Å²) in [4.78, 5) is 27.1. The molecule has 0 aliphatic rings. The minimum Gasteiger partial charge on any atom is -0.494 e. The number of carbonyl (C=O) groups excluding carboxylic acids is 2. The number of hydrogen-bond donors (Lipinski definition) is 1. The molecule has 0 spiro atoms. The van der Waals surface area contributed by atoms with Gasteiger partial charge in [-0.3, -0.25) is 9.59 Å². The summed E-state index contributed by atoms with van der Waals surface area (Å²) in [5.41, 5.74) is 2.18. The smallest absolute Gasteiger partial charge is 0.242 e. The van der Waals surface area contributed by atoms with Crippen molar-refractivity contribution in [2.24, 2.45) is 0 Å². The highest BCUT2D eigenvalue weighted by Crippen LogP contribution is 2.14. The van der Waals surface area contributed by atoms with Gasteiger partial charge in [-0.1, -0.05) is 55.0 Å². The molecule has 0 saturated heterocycles. The Morgan fingerprint density at radius 3 is 2.41 bits per heavy atom. The van der Waals surface area contributed by atoms with E-state index in [0.717, 1.165) is 17.7 Å². The highest BCUT2D eigenvalue weighted by Gasteiger charge is 2.25. The zero-order valence-electron chi connectivity index (χ0n) is 17.7. The molecule has 0 aromatic heterocycles. The van der Waals surface area contributed by atoms with Gasteiger partial charge in [-0.05, 0) is 44.4 Å². The molecule has 0 radical (unpaired) electrons. The summed E-state index contributed by atoms with van der Waals surface area (Å²) in [5.74, 6) is 0.637. The van der Waals surface area contributed by atoms with Gasteiger partial charge in [0.15, 0.2) is 0 Å². The summed E-state index contributed by atoms with van der Waals surface area (Å²) in [6.45, 7) is 7.31. The second-order valence-electron chi connectivity index (χ2n) is 7.24. The summed E-state index contributed by atoms with van der Waals surface area (Å²) in [6.07, 6.45) is 1.80. The predicted molar refractivity (Wildman–Crippen MR) is 116 cm³/mol. The Labute approximate surface area is 174 Å². The minimum absolute atomic E-state index is 0.0404. The van der Waals surface area contributed by atoms with Crippen molar-refractivity contribution in [2.75, 3.05) is 13.2 Å². The van der Waals surface area contributed by atoms with Crippen LogP contribution in [-0.4, -0.2) is 35.9 Å². The molecule has 5 nitrogen and oxygen atoms in total. The molecule has 2 aromatic rings. The molecule has 29 heavy (non-hydrogen) atoms. The van der Waals surface area contributed by atoms with Crippen molar-refractivity contribution < 1.29 is 14.3 Å². The fraction of sp³-hybridized carbons (Fsp3) is 0.417. The lowest BCUT2D eigenvalue weighted by atomic mass is 10.1. The summed E-state index contributed by atoms with van der Waals surface area (Å²) in [7, 11) is 0. The van der Waals surface area contributed by atoms with Crippen molar-refractivity contribution in [2.45, 2.75) is 52.6 Å². The van der Waals surface area contributed by atoms with Crippen LogP contribution in [-0.2, 0) is 16.1 Å². The quantitative estimate of drug-likeness (QED) is 0.582. The van der Waals surface area contributed by atoms with Crippen LogP contribution >= 0.6 is 0 Å². The van der Waals surface area contributed by atoms with E-state index in [0.29, 0.717) is 32.5 Å². The first kappa shape index (κ1) is 22.5. The summed E-state index contributed by atoms with van der Waals surface area (Å²) in [6, 6.07) is 17.1. The molecule has 1 N–H and O–H groups in total.